The van der Waals surface area contributed by atoms with Crippen molar-refractivity contribution in [1.82, 2.24) is 0 Å². The number of hydrogen-bond donors (Lipinski definition) is 1. The van der Waals surface area contributed by atoms with Crippen molar-refractivity contribution < 1.29 is 27.5 Å². The highest BCUT2D eigenvalue weighted by atomic mass is 19.1. The van der Waals surface area contributed by atoms with Gasteiger partial charge in [-0.2, -0.15) is 0 Å². The van der Waals surface area contributed by atoms with E-state index in [9.17, 15) is 22.8 Å². The molecule has 120 valence electrons. The number of rotatable bonds is 4. The van der Waals surface area contributed by atoms with Crippen molar-refractivity contribution in [3.8, 4) is 0 Å². The minimum atomic E-state index is -1.30. The molecule has 0 saturated carbocycles. The number of benzene rings is 2. The van der Waals surface area contributed by atoms with Gasteiger partial charge in [-0.05, 0) is 36.8 Å². The van der Waals surface area contributed by atoms with Gasteiger partial charge < -0.3 is 10.1 Å². The van der Waals surface area contributed by atoms with Crippen LogP contribution in [0, 0.1) is 24.4 Å². The molecule has 0 aromatic heterocycles. The Balaban J connectivity index is 1.99. The molecule has 23 heavy (non-hydrogen) atoms. The van der Waals surface area contributed by atoms with Crippen LogP contribution in [0.1, 0.15) is 15.9 Å². The first-order chi connectivity index (χ1) is 10.9. The zero-order chi connectivity index (χ0) is 17.0. The van der Waals surface area contributed by atoms with Crippen molar-refractivity contribution in [2.24, 2.45) is 0 Å². The Morgan fingerprint density at radius 2 is 1.74 bits per heavy atom. The van der Waals surface area contributed by atoms with E-state index in [1.807, 2.05) is 0 Å². The molecule has 2 aromatic carbocycles. The molecule has 4 nitrogen and oxygen atoms in total. The standard InChI is InChI=1S/C16H12F3NO3/c1-9-5-6-10(17)7-13(9)20-14(21)8-23-16(22)15-11(18)3-2-4-12(15)19/h2-7H,8H2,1H3,(H,20,21). The minimum Gasteiger partial charge on any atom is -0.452 e. The lowest BCUT2D eigenvalue weighted by molar-refractivity contribution is -0.119. The van der Waals surface area contributed by atoms with Gasteiger partial charge in [0.15, 0.2) is 6.61 Å². The number of carbonyl (C=O) groups excluding carboxylic acids is 2. The van der Waals surface area contributed by atoms with Gasteiger partial charge in [-0.15, -0.1) is 0 Å². The summed E-state index contributed by atoms with van der Waals surface area (Å²) in [7, 11) is 0. The van der Waals surface area contributed by atoms with Crippen molar-refractivity contribution in [1.29, 1.82) is 0 Å². The molecular weight excluding hydrogens is 311 g/mol. The molecule has 0 fully saturated rings. The number of halogens is 3. The predicted octanol–water partition coefficient (Wildman–Crippen LogP) is 3.21. The molecule has 0 radical (unpaired) electrons. The predicted molar refractivity (Wildman–Crippen MR) is 76.4 cm³/mol. The molecule has 7 heteroatoms. The van der Waals surface area contributed by atoms with Crippen LogP contribution in [0.5, 0.6) is 0 Å². The molecule has 0 spiro atoms. The molecular formula is C16H12F3NO3. The molecule has 2 aromatic rings. The van der Waals surface area contributed by atoms with Crippen LogP contribution >= 0.6 is 0 Å². The highest BCUT2D eigenvalue weighted by Crippen LogP contribution is 2.16. The molecule has 0 saturated heterocycles. The fourth-order valence-electron chi connectivity index (χ4n) is 1.81. The lowest BCUT2D eigenvalue weighted by atomic mass is 10.2. The second-order valence-electron chi connectivity index (χ2n) is 4.68. The van der Waals surface area contributed by atoms with Crippen molar-refractivity contribution in [2.45, 2.75) is 6.92 Å². The van der Waals surface area contributed by atoms with Crippen LogP contribution in [0.2, 0.25) is 0 Å². The van der Waals surface area contributed by atoms with E-state index in [2.05, 4.69) is 10.1 Å². The highest BCUT2D eigenvalue weighted by Gasteiger charge is 2.19. The van der Waals surface area contributed by atoms with E-state index in [1.54, 1.807) is 6.92 Å². The summed E-state index contributed by atoms with van der Waals surface area (Å²) in [4.78, 5) is 23.3. The third-order valence-corrected chi connectivity index (χ3v) is 2.97. The van der Waals surface area contributed by atoms with Gasteiger partial charge in [0.05, 0.1) is 0 Å². The first-order valence-electron chi connectivity index (χ1n) is 6.55. The summed E-state index contributed by atoms with van der Waals surface area (Å²) in [6.07, 6.45) is 0. The number of anilines is 1. The molecule has 1 N–H and O–H groups in total. The molecule has 0 aliphatic carbocycles. The first-order valence-corrected chi connectivity index (χ1v) is 6.55. The van der Waals surface area contributed by atoms with Gasteiger partial charge in [0.25, 0.3) is 5.91 Å². The summed E-state index contributed by atoms with van der Waals surface area (Å²) in [5.74, 6) is -4.78. The van der Waals surface area contributed by atoms with Crippen LogP contribution in [0.3, 0.4) is 0 Å². The Kier molecular flexibility index (Phi) is 5.00. The van der Waals surface area contributed by atoms with Crippen molar-refractivity contribution in [3.63, 3.8) is 0 Å². The number of aryl methyl sites for hydroxylation is 1. The summed E-state index contributed by atoms with van der Waals surface area (Å²) < 4.78 is 44.4. The zero-order valence-electron chi connectivity index (χ0n) is 12.0. The minimum absolute atomic E-state index is 0.211. The van der Waals surface area contributed by atoms with E-state index in [0.717, 1.165) is 24.3 Å². The monoisotopic (exact) mass is 323 g/mol. The van der Waals surface area contributed by atoms with Gasteiger partial charge in [0.2, 0.25) is 0 Å². The summed E-state index contributed by atoms with van der Waals surface area (Å²) >= 11 is 0. The van der Waals surface area contributed by atoms with Gasteiger partial charge in [-0.25, -0.2) is 18.0 Å². The zero-order valence-corrected chi connectivity index (χ0v) is 12.0. The van der Waals surface area contributed by atoms with Crippen LogP contribution in [0.15, 0.2) is 36.4 Å². The van der Waals surface area contributed by atoms with E-state index in [-0.39, 0.29) is 5.69 Å². The second-order valence-corrected chi connectivity index (χ2v) is 4.68. The van der Waals surface area contributed by atoms with Gasteiger partial charge >= 0.3 is 5.97 Å². The van der Waals surface area contributed by atoms with Crippen molar-refractivity contribution in [2.75, 3.05) is 11.9 Å². The van der Waals surface area contributed by atoms with Gasteiger partial charge in [-0.1, -0.05) is 12.1 Å². The van der Waals surface area contributed by atoms with Crippen LogP contribution in [-0.4, -0.2) is 18.5 Å². The maximum absolute atomic E-state index is 13.4. The lowest BCUT2D eigenvalue weighted by Crippen LogP contribution is -2.22. The molecule has 0 heterocycles. The van der Waals surface area contributed by atoms with E-state index in [0.29, 0.717) is 5.56 Å². The second kappa shape index (κ2) is 6.95. The Morgan fingerprint density at radius 3 is 2.39 bits per heavy atom. The fourth-order valence-corrected chi connectivity index (χ4v) is 1.81. The third-order valence-electron chi connectivity index (χ3n) is 2.97. The largest absolute Gasteiger partial charge is 0.452 e. The maximum Gasteiger partial charge on any atom is 0.344 e. The number of esters is 1. The smallest absolute Gasteiger partial charge is 0.344 e. The van der Waals surface area contributed by atoms with Crippen LogP contribution in [-0.2, 0) is 9.53 Å². The van der Waals surface area contributed by atoms with Crippen LogP contribution in [0.25, 0.3) is 0 Å². The van der Waals surface area contributed by atoms with Gasteiger partial charge in [0, 0.05) is 5.69 Å². The SMILES string of the molecule is Cc1ccc(F)cc1NC(=O)COC(=O)c1c(F)cccc1F. The first kappa shape index (κ1) is 16.5. The molecule has 2 rings (SSSR count). The molecule has 0 atom stereocenters. The number of hydrogen-bond acceptors (Lipinski definition) is 3. The fraction of sp³-hybridized carbons (Fsp3) is 0.125. The van der Waals surface area contributed by atoms with Crippen molar-refractivity contribution in [3.05, 3.63) is 65.0 Å². The number of carbonyl (C=O) groups is 2. The molecule has 0 aliphatic rings. The molecule has 0 unspecified atom stereocenters. The van der Waals surface area contributed by atoms with E-state index in [4.69, 9.17) is 0 Å². The molecule has 0 bridgehead atoms. The molecule has 1 amide bonds. The highest BCUT2D eigenvalue weighted by molar-refractivity contribution is 5.96. The summed E-state index contributed by atoms with van der Waals surface area (Å²) in [5, 5.41) is 2.34. The number of amides is 1. The van der Waals surface area contributed by atoms with Crippen molar-refractivity contribution >= 4 is 17.6 Å². The van der Waals surface area contributed by atoms with Gasteiger partial charge in [-0.3, -0.25) is 4.79 Å². The van der Waals surface area contributed by atoms with Crippen LogP contribution < -0.4 is 5.32 Å². The normalized spacial score (nSPS) is 10.3. The summed E-state index contributed by atoms with van der Waals surface area (Å²) in [6, 6.07) is 6.69. The average Bonchev–Trinajstić information content (AvgIpc) is 2.49. The Hall–Kier alpha value is -2.83. The average molecular weight is 323 g/mol. The van der Waals surface area contributed by atoms with E-state index < -0.39 is 41.5 Å². The van der Waals surface area contributed by atoms with Crippen LogP contribution in [0.4, 0.5) is 18.9 Å². The maximum atomic E-state index is 13.4. The third kappa shape index (κ3) is 4.09. The quantitative estimate of drug-likeness (QED) is 0.879. The van der Waals surface area contributed by atoms with E-state index >= 15 is 0 Å². The summed E-state index contributed by atoms with van der Waals surface area (Å²) in [6.45, 7) is 0.887. The number of ether oxygens (including phenoxy) is 1. The topological polar surface area (TPSA) is 55.4 Å². The Morgan fingerprint density at radius 1 is 1.09 bits per heavy atom. The van der Waals surface area contributed by atoms with Gasteiger partial charge in [0.1, 0.15) is 23.0 Å². The lowest BCUT2D eigenvalue weighted by Gasteiger charge is -2.09. The molecule has 0 aliphatic heterocycles. The number of nitrogens with one attached hydrogen (secondary N) is 1. The summed E-state index contributed by atoms with van der Waals surface area (Å²) in [5.41, 5.74) is -0.0587. The Labute approximate surface area is 129 Å². The van der Waals surface area contributed by atoms with E-state index in [1.165, 1.54) is 12.1 Å². The Bertz CT molecular complexity index is 742.